The number of thioether (sulfide) groups is 1. The van der Waals surface area contributed by atoms with Crippen molar-refractivity contribution >= 4 is 40.4 Å². The standard InChI is InChI=1S/C23H32N4O4S/c1-5-20(28)26-12-8-9-17-15-18(10-11-19(17)26)21-16(4)32-23(30)27(24-21)22(29)31-14-13-25(6-2)7-3/h10-11,15-16H,5-9,12-14H2,1-4H3. The average Bonchev–Trinajstić information content (AvgIpc) is 2.80. The summed E-state index contributed by atoms with van der Waals surface area (Å²) in [7, 11) is 0. The van der Waals surface area contributed by atoms with E-state index in [1.807, 2.05) is 50.8 Å². The molecule has 2 aliphatic rings. The van der Waals surface area contributed by atoms with Gasteiger partial charge >= 0.3 is 11.3 Å². The molecule has 0 aromatic heterocycles. The maximum Gasteiger partial charge on any atom is 0.438 e. The summed E-state index contributed by atoms with van der Waals surface area (Å²) in [6, 6.07) is 5.89. The van der Waals surface area contributed by atoms with Gasteiger partial charge in [-0.2, -0.15) is 5.10 Å². The number of carbonyl (C=O) groups excluding carboxylic acids is 3. The van der Waals surface area contributed by atoms with E-state index in [2.05, 4.69) is 10.0 Å². The van der Waals surface area contributed by atoms with E-state index in [-0.39, 0.29) is 17.8 Å². The minimum atomic E-state index is -0.753. The molecule has 0 radical (unpaired) electrons. The molecule has 8 nitrogen and oxygen atoms in total. The summed E-state index contributed by atoms with van der Waals surface area (Å²) in [6.45, 7) is 11.1. The third-order valence-electron chi connectivity index (χ3n) is 5.84. The van der Waals surface area contributed by atoms with Gasteiger partial charge < -0.3 is 14.5 Å². The summed E-state index contributed by atoms with van der Waals surface area (Å²) in [5.74, 6) is 0.113. The topological polar surface area (TPSA) is 82.5 Å². The van der Waals surface area contributed by atoms with Crippen molar-refractivity contribution in [3.8, 4) is 0 Å². The van der Waals surface area contributed by atoms with Gasteiger partial charge in [-0.1, -0.05) is 38.6 Å². The van der Waals surface area contributed by atoms with Crippen LogP contribution in [0.25, 0.3) is 0 Å². The molecule has 3 rings (SSSR count). The van der Waals surface area contributed by atoms with Crippen molar-refractivity contribution in [1.29, 1.82) is 0 Å². The largest absolute Gasteiger partial charge is 0.446 e. The Morgan fingerprint density at radius 1 is 1.25 bits per heavy atom. The van der Waals surface area contributed by atoms with Crippen molar-refractivity contribution in [2.45, 2.75) is 52.2 Å². The molecule has 1 unspecified atom stereocenters. The SMILES string of the molecule is CCC(=O)N1CCCc2cc(C3=NN(C(=O)OCCN(CC)CC)C(=O)SC3C)ccc21. The molecular formula is C23H32N4O4S. The lowest BCUT2D eigenvalue weighted by Crippen LogP contribution is -2.39. The first-order valence-corrected chi connectivity index (χ1v) is 12.2. The molecule has 0 bridgehead atoms. The van der Waals surface area contributed by atoms with Gasteiger partial charge in [0, 0.05) is 25.2 Å². The normalized spacial score (nSPS) is 18.5. The number of likely N-dealkylation sites (N-methyl/N-ethyl adjacent to an activating group) is 1. The van der Waals surface area contributed by atoms with Gasteiger partial charge in [-0.05, 0) is 56.1 Å². The highest BCUT2D eigenvalue weighted by Gasteiger charge is 2.34. The molecule has 0 saturated carbocycles. The summed E-state index contributed by atoms with van der Waals surface area (Å²) < 4.78 is 5.31. The fraction of sp³-hybridized carbons (Fsp3) is 0.565. The summed E-state index contributed by atoms with van der Waals surface area (Å²) in [5.41, 5.74) is 3.52. The monoisotopic (exact) mass is 460 g/mol. The molecule has 1 aromatic carbocycles. The number of amides is 3. The van der Waals surface area contributed by atoms with Crippen molar-refractivity contribution in [2.24, 2.45) is 5.10 Å². The van der Waals surface area contributed by atoms with Gasteiger partial charge in [0.05, 0.1) is 11.0 Å². The smallest absolute Gasteiger partial charge is 0.438 e. The van der Waals surface area contributed by atoms with Crippen LogP contribution in [0.2, 0.25) is 0 Å². The first-order chi connectivity index (χ1) is 15.4. The number of hydrogen-bond acceptors (Lipinski definition) is 7. The molecule has 9 heteroatoms. The summed E-state index contributed by atoms with van der Waals surface area (Å²) in [4.78, 5) is 41.2. The van der Waals surface area contributed by atoms with E-state index in [1.54, 1.807) is 0 Å². The zero-order valence-electron chi connectivity index (χ0n) is 19.3. The van der Waals surface area contributed by atoms with E-state index >= 15 is 0 Å². The number of nitrogens with zero attached hydrogens (tertiary/aromatic N) is 4. The van der Waals surface area contributed by atoms with Crippen LogP contribution in [0.5, 0.6) is 0 Å². The predicted octanol–water partition coefficient (Wildman–Crippen LogP) is 4.12. The van der Waals surface area contributed by atoms with Crippen LogP contribution in [0.3, 0.4) is 0 Å². The number of fused-ring (bicyclic) bond motifs is 1. The van der Waals surface area contributed by atoms with Gasteiger partial charge in [-0.15, -0.1) is 5.01 Å². The van der Waals surface area contributed by atoms with E-state index in [9.17, 15) is 14.4 Å². The Labute approximate surface area is 193 Å². The van der Waals surface area contributed by atoms with Crippen LogP contribution in [0.4, 0.5) is 15.3 Å². The third-order valence-corrected chi connectivity index (χ3v) is 6.79. The fourth-order valence-electron chi connectivity index (χ4n) is 3.96. The molecule has 2 heterocycles. The molecule has 32 heavy (non-hydrogen) atoms. The van der Waals surface area contributed by atoms with Gasteiger partial charge in [-0.25, -0.2) is 4.79 Å². The van der Waals surface area contributed by atoms with Crippen LogP contribution in [0.1, 0.15) is 51.7 Å². The van der Waals surface area contributed by atoms with Crippen molar-refractivity contribution in [1.82, 2.24) is 9.91 Å². The number of imide groups is 1. The van der Waals surface area contributed by atoms with Gasteiger partial charge in [0.25, 0.3) is 0 Å². The Kier molecular flexibility index (Phi) is 8.31. The number of hydrogen-bond donors (Lipinski definition) is 0. The van der Waals surface area contributed by atoms with E-state index in [4.69, 9.17) is 4.74 Å². The molecule has 1 aromatic rings. The van der Waals surface area contributed by atoms with Gasteiger partial charge in [0.15, 0.2) is 0 Å². The van der Waals surface area contributed by atoms with Crippen LogP contribution < -0.4 is 4.90 Å². The minimum absolute atomic E-state index is 0.113. The minimum Gasteiger partial charge on any atom is -0.446 e. The fourth-order valence-corrected chi connectivity index (χ4v) is 4.78. The number of rotatable bonds is 7. The summed E-state index contributed by atoms with van der Waals surface area (Å²) in [5, 5.41) is 4.58. The van der Waals surface area contributed by atoms with Gasteiger partial charge in [0.1, 0.15) is 6.61 Å². The van der Waals surface area contributed by atoms with Gasteiger partial charge in [-0.3, -0.25) is 9.59 Å². The molecular weight excluding hydrogens is 428 g/mol. The van der Waals surface area contributed by atoms with Crippen molar-refractivity contribution < 1.29 is 19.1 Å². The zero-order chi connectivity index (χ0) is 23.3. The Hall–Kier alpha value is -2.39. The van der Waals surface area contributed by atoms with E-state index in [1.165, 1.54) is 0 Å². The predicted molar refractivity (Wildman–Crippen MR) is 127 cm³/mol. The summed E-state index contributed by atoms with van der Waals surface area (Å²) >= 11 is 1.06. The van der Waals surface area contributed by atoms with Crippen LogP contribution >= 0.6 is 11.8 Å². The molecule has 2 aliphatic heterocycles. The quantitative estimate of drug-likeness (QED) is 0.609. The molecule has 174 valence electrons. The van der Waals surface area contributed by atoms with Crippen molar-refractivity contribution in [3.63, 3.8) is 0 Å². The maximum atomic E-state index is 12.5. The lowest BCUT2D eigenvalue weighted by Gasteiger charge is -2.30. The molecule has 0 saturated heterocycles. The number of carbonyl (C=O) groups is 3. The number of ether oxygens (including phenoxy) is 1. The number of benzene rings is 1. The second-order valence-corrected chi connectivity index (χ2v) is 9.10. The van der Waals surface area contributed by atoms with Crippen molar-refractivity contribution in [3.05, 3.63) is 29.3 Å². The van der Waals surface area contributed by atoms with Gasteiger partial charge in [0.2, 0.25) is 5.91 Å². The third kappa shape index (κ3) is 5.32. The zero-order valence-corrected chi connectivity index (χ0v) is 20.1. The lowest BCUT2D eigenvalue weighted by molar-refractivity contribution is -0.118. The van der Waals surface area contributed by atoms with E-state index < -0.39 is 11.3 Å². The number of anilines is 1. The average molecular weight is 461 g/mol. The molecule has 0 N–H and O–H groups in total. The first-order valence-electron chi connectivity index (χ1n) is 11.3. The molecule has 0 fully saturated rings. The first kappa shape index (κ1) is 24.3. The van der Waals surface area contributed by atoms with Crippen LogP contribution in [-0.2, 0) is 16.0 Å². The second kappa shape index (κ2) is 11.0. The maximum absolute atomic E-state index is 12.5. The number of hydrazone groups is 1. The highest BCUT2D eigenvalue weighted by atomic mass is 32.2. The Morgan fingerprint density at radius 2 is 2.00 bits per heavy atom. The van der Waals surface area contributed by atoms with E-state index in [0.29, 0.717) is 18.7 Å². The van der Waals surface area contributed by atoms with Crippen LogP contribution in [-0.4, -0.2) is 70.9 Å². The van der Waals surface area contributed by atoms with Crippen LogP contribution in [0, 0.1) is 0 Å². The lowest BCUT2D eigenvalue weighted by atomic mass is 9.96. The molecule has 1 atom stereocenters. The van der Waals surface area contributed by atoms with Crippen LogP contribution in [0.15, 0.2) is 23.3 Å². The van der Waals surface area contributed by atoms with Crippen molar-refractivity contribution in [2.75, 3.05) is 37.7 Å². The highest BCUT2D eigenvalue weighted by molar-refractivity contribution is 8.14. The molecule has 3 amide bonds. The molecule has 0 spiro atoms. The molecule has 0 aliphatic carbocycles. The highest BCUT2D eigenvalue weighted by Crippen LogP contribution is 2.32. The Morgan fingerprint density at radius 3 is 2.69 bits per heavy atom. The summed E-state index contributed by atoms with van der Waals surface area (Å²) in [6.07, 6.45) is 1.50. The Balaban J connectivity index is 1.79. The second-order valence-electron chi connectivity index (χ2n) is 7.81. The number of aryl methyl sites for hydroxylation is 1. The Bertz CT molecular complexity index is 900. The van der Waals surface area contributed by atoms with E-state index in [0.717, 1.165) is 66.1 Å².